The van der Waals surface area contributed by atoms with Gasteiger partial charge in [-0.15, -0.1) is 0 Å². The lowest BCUT2D eigenvalue weighted by atomic mass is 10.3. The molecule has 0 radical (unpaired) electrons. The predicted molar refractivity (Wildman–Crippen MR) is 56.3 cm³/mol. The smallest absolute Gasteiger partial charge is 0.240 e. The zero-order chi connectivity index (χ0) is 11.6. The van der Waals surface area contributed by atoms with Crippen molar-refractivity contribution in [3.63, 3.8) is 0 Å². The summed E-state index contributed by atoms with van der Waals surface area (Å²) in [5, 5.41) is -0.956. The average Bonchev–Trinajstić information content (AvgIpc) is 2.14. The summed E-state index contributed by atoms with van der Waals surface area (Å²) < 4.78 is 27.7. The molecule has 1 saturated heterocycles. The van der Waals surface area contributed by atoms with Crippen LogP contribution in [0.25, 0.3) is 0 Å². The molecule has 2 atom stereocenters. The van der Waals surface area contributed by atoms with E-state index in [1.807, 2.05) is 6.92 Å². The summed E-state index contributed by atoms with van der Waals surface area (Å²) >= 11 is 0. The van der Waals surface area contributed by atoms with Gasteiger partial charge in [-0.25, -0.2) is 8.42 Å². The third kappa shape index (κ3) is 3.17. The molecule has 0 aliphatic carbocycles. The molecule has 5 nitrogen and oxygen atoms in total. The topological polar surface area (TPSA) is 63.7 Å². The van der Waals surface area contributed by atoms with Crippen LogP contribution in [-0.2, 0) is 19.4 Å². The zero-order valence-electron chi connectivity index (χ0n) is 9.26. The van der Waals surface area contributed by atoms with E-state index in [1.54, 1.807) is 4.90 Å². The van der Waals surface area contributed by atoms with Crippen molar-refractivity contribution < 1.29 is 17.9 Å². The Kier molecular flexibility index (Phi) is 3.72. The first-order valence-electron chi connectivity index (χ1n) is 4.91. The van der Waals surface area contributed by atoms with Gasteiger partial charge in [0.25, 0.3) is 0 Å². The van der Waals surface area contributed by atoms with Gasteiger partial charge in [-0.1, -0.05) is 0 Å². The molecule has 88 valence electrons. The summed E-state index contributed by atoms with van der Waals surface area (Å²) in [5.74, 6) is -0.326. The van der Waals surface area contributed by atoms with Gasteiger partial charge < -0.3 is 9.64 Å². The molecule has 0 aromatic carbocycles. The minimum atomic E-state index is -3.30. The molecule has 0 unspecified atom stereocenters. The summed E-state index contributed by atoms with van der Waals surface area (Å²) in [5.41, 5.74) is 0. The maximum atomic E-state index is 11.8. The van der Waals surface area contributed by atoms with E-state index in [1.165, 1.54) is 6.92 Å². The van der Waals surface area contributed by atoms with Gasteiger partial charge in [0, 0.05) is 19.3 Å². The van der Waals surface area contributed by atoms with Crippen LogP contribution in [0.1, 0.15) is 13.8 Å². The third-order valence-electron chi connectivity index (χ3n) is 2.54. The van der Waals surface area contributed by atoms with Gasteiger partial charge in [-0.2, -0.15) is 0 Å². The summed E-state index contributed by atoms with van der Waals surface area (Å²) in [6.45, 7) is 4.72. The van der Waals surface area contributed by atoms with E-state index in [-0.39, 0.29) is 12.0 Å². The number of rotatable bonds is 2. The van der Waals surface area contributed by atoms with Gasteiger partial charge in [0.05, 0.1) is 12.7 Å². The minimum Gasteiger partial charge on any atom is -0.375 e. The normalized spacial score (nSPS) is 25.0. The predicted octanol–water partition coefficient (Wildman–Crippen LogP) is -0.333. The Hall–Kier alpha value is -0.620. The van der Waals surface area contributed by atoms with Crippen LogP contribution >= 0.6 is 0 Å². The molecule has 1 aliphatic heterocycles. The van der Waals surface area contributed by atoms with E-state index in [4.69, 9.17) is 4.74 Å². The summed E-state index contributed by atoms with van der Waals surface area (Å²) in [4.78, 5) is 13.3. The molecule has 0 N–H and O–H groups in total. The van der Waals surface area contributed by atoms with Gasteiger partial charge in [0.1, 0.15) is 5.25 Å². The standard InChI is InChI=1S/C9H17NO4S/c1-7-6-10(4-5-14-7)9(11)8(2)15(3,12)13/h7-8H,4-6H2,1-3H3/t7-,8-/m0/s1. The molecule has 0 saturated carbocycles. The molecule has 0 bridgehead atoms. The maximum Gasteiger partial charge on any atom is 0.240 e. The number of hydrogen-bond acceptors (Lipinski definition) is 4. The van der Waals surface area contributed by atoms with Gasteiger partial charge in [0.15, 0.2) is 9.84 Å². The summed E-state index contributed by atoms with van der Waals surface area (Å²) in [6.07, 6.45) is 1.06. The van der Waals surface area contributed by atoms with Crippen LogP contribution in [0.3, 0.4) is 0 Å². The fourth-order valence-corrected chi connectivity index (χ4v) is 1.97. The largest absolute Gasteiger partial charge is 0.375 e. The van der Waals surface area contributed by atoms with Gasteiger partial charge in [-0.3, -0.25) is 4.79 Å². The number of sulfone groups is 1. The average molecular weight is 235 g/mol. The highest BCUT2D eigenvalue weighted by Crippen LogP contribution is 2.09. The minimum absolute atomic E-state index is 0.0190. The van der Waals surface area contributed by atoms with Gasteiger partial charge in [0.2, 0.25) is 5.91 Å². The Labute approximate surface area is 90.3 Å². The van der Waals surface area contributed by atoms with Crippen molar-refractivity contribution >= 4 is 15.7 Å². The molecule has 6 heteroatoms. The van der Waals surface area contributed by atoms with Crippen LogP contribution in [0, 0.1) is 0 Å². The van der Waals surface area contributed by atoms with Crippen molar-refractivity contribution in [2.24, 2.45) is 0 Å². The van der Waals surface area contributed by atoms with E-state index in [0.29, 0.717) is 19.7 Å². The van der Waals surface area contributed by atoms with E-state index in [9.17, 15) is 13.2 Å². The Morgan fingerprint density at radius 1 is 1.53 bits per heavy atom. The second-order valence-corrected chi connectivity index (χ2v) is 6.30. The number of amides is 1. The monoisotopic (exact) mass is 235 g/mol. The van der Waals surface area contributed by atoms with Crippen molar-refractivity contribution in [1.82, 2.24) is 4.90 Å². The lowest BCUT2D eigenvalue weighted by molar-refractivity contribution is -0.137. The lowest BCUT2D eigenvalue weighted by Crippen LogP contribution is -2.49. The van der Waals surface area contributed by atoms with Crippen molar-refractivity contribution in [2.75, 3.05) is 26.0 Å². The highest BCUT2D eigenvalue weighted by Gasteiger charge is 2.30. The second kappa shape index (κ2) is 4.49. The maximum absolute atomic E-state index is 11.8. The zero-order valence-corrected chi connectivity index (χ0v) is 10.1. The lowest BCUT2D eigenvalue weighted by Gasteiger charge is -2.32. The Morgan fingerprint density at radius 3 is 2.60 bits per heavy atom. The molecule has 1 fully saturated rings. The summed E-state index contributed by atoms with van der Waals surface area (Å²) in [7, 11) is -3.30. The van der Waals surface area contributed by atoms with Crippen LogP contribution in [-0.4, -0.2) is 56.5 Å². The first-order chi connectivity index (χ1) is 6.82. The molecule has 0 aromatic heterocycles. The van der Waals surface area contributed by atoms with Crippen LogP contribution < -0.4 is 0 Å². The van der Waals surface area contributed by atoms with Crippen molar-refractivity contribution in [1.29, 1.82) is 0 Å². The fraction of sp³-hybridized carbons (Fsp3) is 0.889. The highest BCUT2D eigenvalue weighted by molar-refractivity contribution is 7.92. The number of carbonyl (C=O) groups excluding carboxylic acids is 1. The Bertz CT molecular complexity index is 338. The van der Waals surface area contributed by atoms with Crippen molar-refractivity contribution in [2.45, 2.75) is 25.2 Å². The second-order valence-electron chi connectivity index (χ2n) is 3.94. The van der Waals surface area contributed by atoms with Gasteiger partial charge >= 0.3 is 0 Å². The molecule has 0 aromatic rings. The molecule has 0 spiro atoms. The molecule has 15 heavy (non-hydrogen) atoms. The van der Waals surface area contributed by atoms with Crippen molar-refractivity contribution in [3.8, 4) is 0 Å². The van der Waals surface area contributed by atoms with E-state index < -0.39 is 15.1 Å². The first-order valence-corrected chi connectivity index (χ1v) is 6.87. The highest BCUT2D eigenvalue weighted by atomic mass is 32.2. The SMILES string of the molecule is C[C@H]1CN(C(=O)[C@H](C)S(C)(=O)=O)CCO1. The molecule has 1 heterocycles. The van der Waals surface area contributed by atoms with Crippen LogP contribution in [0.2, 0.25) is 0 Å². The third-order valence-corrected chi connectivity index (χ3v) is 4.03. The molecular formula is C9H17NO4S. The van der Waals surface area contributed by atoms with E-state index in [2.05, 4.69) is 0 Å². The Balaban J connectivity index is 2.68. The van der Waals surface area contributed by atoms with Gasteiger partial charge in [-0.05, 0) is 13.8 Å². The molecule has 1 rings (SSSR count). The molecule has 1 aliphatic rings. The number of carbonyl (C=O) groups is 1. The number of nitrogens with zero attached hydrogens (tertiary/aromatic N) is 1. The van der Waals surface area contributed by atoms with Crippen LogP contribution in [0.5, 0.6) is 0 Å². The fourth-order valence-electron chi connectivity index (χ4n) is 1.46. The number of morpholine rings is 1. The number of ether oxygens (including phenoxy) is 1. The van der Waals surface area contributed by atoms with E-state index >= 15 is 0 Å². The van der Waals surface area contributed by atoms with Crippen molar-refractivity contribution in [3.05, 3.63) is 0 Å². The Morgan fingerprint density at radius 2 is 2.13 bits per heavy atom. The molecule has 1 amide bonds. The number of hydrogen-bond donors (Lipinski definition) is 0. The molecular weight excluding hydrogens is 218 g/mol. The van der Waals surface area contributed by atoms with Crippen LogP contribution in [0.15, 0.2) is 0 Å². The summed E-state index contributed by atoms with van der Waals surface area (Å²) in [6, 6.07) is 0. The van der Waals surface area contributed by atoms with Crippen LogP contribution in [0.4, 0.5) is 0 Å². The first kappa shape index (κ1) is 12.4. The quantitative estimate of drug-likeness (QED) is 0.657. The van der Waals surface area contributed by atoms with E-state index in [0.717, 1.165) is 6.26 Å².